The zero-order valence-corrected chi connectivity index (χ0v) is 16.8. The Bertz CT molecular complexity index is 606. The number of nitrogens with one attached hydrogen (secondary N) is 2. The Morgan fingerprint density at radius 1 is 1.30 bits per heavy atom. The molecule has 1 aliphatic heterocycles. The number of hydrogen-bond donors (Lipinski definition) is 3. The van der Waals surface area contributed by atoms with Crippen molar-refractivity contribution in [1.29, 1.82) is 0 Å². The van der Waals surface area contributed by atoms with Crippen LogP contribution in [0.2, 0.25) is 0 Å². The quantitative estimate of drug-likeness (QED) is 0.587. The number of carbonyl (C=O) groups excluding carboxylic acids is 3. The Morgan fingerprint density at radius 3 is 2.48 bits per heavy atom. The van der Waals surface area contributed by atoms with Crippen LogP contribution in [-0.4, -0.2) is 47.4 Å². The number of nitrogens with two attached hydrogens (primary N) is 1. The number of rotatable bonds is 7. The molecular formula is C20H34N4O3. The summed E-state index contributed by atoms with van der Waals surface area (Å²) in [5.41, 5.74) is 5.41. The largest absolute Gasteiger partial charge is 0.353 e. The Balaban J connectivity index is 1.54. The SMILES string of the molecule is CCC(C)(C)C1CCC2(CC1)NC(=O)N(CC(=O)NCC(N)C1CC1)C2=O. The van der Waals surface area contributed by atoms with Crippen LogP contribution < -0.4 is 16.4 Å². The van der Waals surface area contributed by atoms with E-state index in [0.717, 1.165) is 37.0 Å². The van der Waals surface area contributed by atoms with Gasteiger partial charge in [-0.25, -0.2) is 4.79 Å². The molecule has 0 radical (unpaired) electrons. The van der Waals surface area contributed by atoms with Crippen molar-refractivity contribution in [2.45, 2.75) is 77.3 Å². The van der Waals surface area contributed by atoms with E-state index in [2.05, 4.69) is 31.4 Å². The molecule has 1 atom stereocenters. The van der Waals surface area contributed by atoms with Crippen LogP contribution in [0.1, 0.15) is 65.7 Å². The summed E-state index contributed by atoms with van der Waals surface area (Å²) in [6, 6.07) is -0.490. The van der Waals surface area contributed by atoms with Crippen molar-refractivity contribution in [3.8, 4) is 0 Å². The van der Waals surface area contributed by atoms with Crippen molar-refractivity contribution in [2.24, 2.45) is 23.0 Å². The lowest BCUT2D eigenvalue weighted by Gasteiger charge is -2.42. The van der Waals surface area contributed by atoms with Gasteiger partial charge in [-0.05, 0) is 55.8 Å². The van der Waals surface area contributed by atoms with Crippen molar-refractivity contribution < 1.29 is 14.4 Å². The lowest BCUT2D eigenvalue weighted by molar-refractivity contribution is -0.136. The molecule has 4 N–H and O–H groups in total. The first-order chi connectivity index (χ1) is 12.7. The molecular weight excluding hydrogens is 344 g/mol. The minimum absolute atomic E-state index is 0.0411. The maximum absolute atomic E-state index is 12.9. The minimum Gasteiger partial charge on any atom is -0.353 e. The van der Waals surface area contributed by atoms with Crippen molar-refractivity contribution in [3.63, 3.8) is 0 Å². The standard InChI is InChI=1S/C20H34N4O3/c1-4-19(2,3)14-7-9-20(10-8-14)17(26)24(18(27)23-20)12-16(25)22-11-15(21)13-5-6-13/h13-15H,4-12,21H2,1-3H3,(H,22,25)(H,23,27). The molecule has 1 unspecified atom stereocenters. The van der Waals surface area contributed by atoms with Crippen LogP contribution in [0.4, 0.5) is 4.79 Å². The van der Waals surface area contributed by atoms with Gasteiger partial charge in [0.05, 0.1) is 0 Å². The topological polar surface area (TPSA) is 105 Å². The van der Waals surface area contributed by atoms with Crippen molar-refractivity contribution >= 4 is 17.8 Å². The van der Waals surface area contributed by atoms with E-state index in [4.69, 9.17) is 5.73 Å². The molecule has 27 heavy (non-hydrogen) atoms. The smallest absolute Gasteiger partial charge is 0.325 e. The normalized spacial score (nSPS) is 29.8. The second-order valence-corrected chi connectivity index (χ2v) is 9.33. The van der Waals surface area contributed by atoms with Gasteiger partial charge in [0.2, 0.25) is 5.91 Å². The van der Waals surface area contributed by atoms with Crippen LogP contribution in [0.25, 0.3) is 0 Å². The number of amides is 4. The Hall–Kier alpha value is -1.63. The average Bonchev–Trinajstić information content (AvgIpc) is 3.46. The van der Waals surface area contributed by atoms with E-state index >= 15 is 0 Å². The van der Waals surface area contributed by atoms with Crippen LogP contribution in [0.3, 0.4) is 0 Å². The Morgan fingerprint density at radius 2 is 1.93 bits per heavy atom. The van der Waals surface area contributed by atoms with Crippen LogP contribution in [0.15, 0.2) is 0 Å². The fraction of sp³-hybridized carbons (Fsp3) is 0.850. The highest BCUT2D eigenvalue weighted by Crippen LogP contribution is 2.45. The molecule has 0 aromatic heterocycles. The number of urea groups is 1. The monoisotopic (exact) mass is 378 g/mol. The van der Waals surface area contributed by atoms with Gasteiger partial charge in [0.15, 0.2) is 0 Å². The van der Waals surface area contributed by atoms with Crippen LogP contribution in [0.5, 0.6) is 0 Å². The first kappa shape index (κ1) is 20.1. The van der Waals surface area contributed by atoms with Gasteiger partial charge < -0.3 is 16.4 Å². The van der Waals surface area contributed by atoms with Gasteiger partial charge in [-0.3, -0.25) is 14.5 Å². The highest BCUT2D eigenvalue weighted by molar-refractivity contribution is 6.09. The van der Waals surface area contributed by atoms with E-state index in [-0.39, 0.29) is 29.8 Å². The van der Waals surface area contributed by atoms with Gasteiger partial charge in [0.25, 0.3) is 5.91 Å². The molecule has 2 saturated carbocycles. The van der Waals surface area contributed by atoms with Gasteiger partial charge in [-0.2, -0.15) is 0 Å². The third kappa shape index (κ3) is 4.13. The van der Waals surface area contributed by atoms with E-state index in [1.807, 2.05) is 0 Å². The van der Waals surface area contributed by atoms with Crippen LogP contribution in [0, 0.1) is 17.3 Å². The van der Waals surface area contributed by atoms with Gasteiger partial charge in [-0.1, -0.05) is 27.2 Å². The molecule has 1 spiro atoms. The molecule has 1 saturated heterocycles. The maximum Gasteiger partial charge on any atom is 0.325 e. The predicted molar refractivity (Wildman–Crippen MR) is 103 cm³/mol. The van der Waals surface area contributed by atoms with Crippen molar-refractivity contribution in [1.82, 2.24) is 15.5 Å². The summed E-state index contributed by atoms with van der Waals surface area (Å²) in [7, 11) is 0. The molecule has 3 aliphatic rings. The zero-order chi connectivity index (χ0) is 19.8. The fourth-order valence-electron chi connectivity index (χ4n) is 4.46. The number of imide groups is 1. The van der Waals surface area contributed by atoms with Crippen molar-refractivity contribution in [2.75, 3.05) is 13.1 Å². The summed E-state index contributed by atoms with van der Waals surface area (Å²) in [6.07, 6.45) is 6.46. The summed E-state index contributed by atoms with van der Waals surface area (Å²) < 4.78 is 0. The molecule has 1 heterocycles. The number of nitrogens with zero attached hydrogens (tertiary/aromatic N) is 1. The fourth-order valence-corrected chi connectivity index (χ4v) is 4.46. The molecule has 3 rings (SSSR count). The second kappa shape index (κ2) is 7.41. The number of carbonyl (C=O) groups is 3. The van der Waals surface area contributed by atoms with Crippen LogP contribution >= 0.6 is 0 Å². The van der Waals surface area contributed by atoms with E-state index in [0.29, 0.717) is 31.2 Å². The van der Waals surface area contributed by atoms with E-state index in [1.165, 1.54) is 0 Å². The lowest BCUT2D eigenvalue weighted by Crippen LogP contribution is -2.51. The zero-order valence-electron chi connectivity index (χ0n) is 16.8. The van der Waals surface area contributed by atoms with Gasteiger partial charge >= 0.3 is 6.03 Å². The third-order valence-electron chi connectivity index (χ3n) is 7.17. The average molecular weight is 379 g/mol. The van der Waals surface area contributed by atoms with E-state index in [1.54, 1.807) is 0 Å². The first-order valence-electron chi connectivity index (χ1n) is 10.3. The van der Waals surface area contributed by atoms with Gasteiger partial charge in [0, 0.05) is 12.6 Å². The molecule has 7 nitrogen and oxygen atoms in total. The Kier molecular flexibility index (Phi) is 5.52. The van der Waals surface area contributed by atoms with Gasteiger partial charge in [-0.15, -0.1) is 0 Å². The Labute approximate surface area is 161 Å². The maximum atomic E-state index is 12.9. The lowest BCUT2D eigenvalue weighted by atomic mass is 9.65. The second-order valence-electron chi connectivity index (χ2n) is 9.33. The molecule has 0 aromatic carbocycles. The van der Waals surface area contributed by atoms with Gasteiger partial charge in [0.1, 0.15) is 12.1 Å². The van der Waals surface area contributed by atoms with Crippen molar-refractivity contribution in [3.05, 3.63) is 0 Å². The number of hydrogen-bond acceptors (Lipinski definition) is 4. The molecule has 4 amide bonds. The highest BCUT2D eigenvalue weighted by Gasteiger charge is 2.53. The summed E-state index contributed by atoms with van der Waals surface area (Å²) in [6.45, 7) is 6.91. The third-order valence-corrected chi connectivity index (χ3v) is 7.17. The van der Waals surface area contributed by atoms with E-state index in [9.17, 15) is 14.4 Å². The predicted octanol–water partition coefficient (Wildman–Crippen LogP) is 1.76. The van der Waals surface area contributed by atoms with E-state index < -0.39 is 11.6 Å². The highest BCUT2D eigenvalue weighted by atomic mass is 16.2. The van der Waals surface area contributed by atoms with Crippen LogP contribution in [-0.2, 0) is 9.59 Å². The molecule has 3 fully saturated rings. The summed E-state index contributed by atoms with van der Waals surface area (Å²) in [4.78, 5) is 38.6. The first-order valence-corrected chi connectivity index (χ1v) is 10.3. The summed E-state index contributed by atoms with van der Waals surface area (Å²) in [5, 5.41) is 5.65. The molecule has 2 aliphatic carbocycles. The minimum atomic E-state index is -0.817. The molecule has 152 valence electrons. The molecule has 7 heteroatoms. The molecule has 0 aromatic rings. The summed E-state index contributed by atoms with van der Waals surface area (Å²) in [5.74, 6) is 0.473. The molecule has 0 bridgehead atoms. The summed E-state index contributed by atoms with van der Waals surface area (Å²) >= 11 is 0.